The highest BCUT2D eigenvalue weighted by Crippen LogP contribution is 2.26. The molecule has 0 aromatic heterocycles. The summed E-state index contributed by atoms with van der Waals surface area (Å²) in [5.74, 6) is 1.22. The zero-order chi connectivity index (χ0) is 9.97. The van der Waals surface area contributed by atoms with Crippen molar-refractivity contribution in [1.29, 1.82) is 0 Å². The lowest BCUT2D eigenvalue weighted by Gasteiger charge is -2.24. The highest BCUT2D eigenvalue weighted by molar-refractivity contribution is 5.83. The Morgan fingerprint density at radius 1 is 1.57 bits per heavy atom. The molecule has 80 valence electrons. The van der Waals surface area contributed by atoms with E-state index in [-0.39, 0.29) is 0 Å². The molecule has 14 heavy (non-hydrogen) atoms. The average molecular weight is 195 g/mol. The smallest absolute Gasteiger partial charge is 0.0964 e. The third-order valence-electron chi connectivity index (χ3n) is 3.29. The van der Waals surface area contributed by atoms with Crippen LogP contribution in [0.25, 0.3) is 0 Å². The number of nitrogens with one attached hydrogen (secondary N) is 1. The molecule has 0 aromatic carbocycles. The van der Waals surface area contributed by atoms with Gasteiger partial charge in [-0.3, -0.25) is 9.89 Å². The van der Waals surface area contributed by atoms with Gasteiger partial charge in [0, 0.05) is 31.6 Å². The van der Waals surface area contributed by atoms with Crippen LogP contribution in [-0.2, 0) is 0 Å². The molecule has 3 nitrogen and oxygen atoms in total. The first kappa shape index (κ1) is 9.97. The Balaban J connectivity index is 1.68. The Hall–Kier alpha value is -0.570. The molecule has 0 spiro atoms. The Morgan fingerprint density at radius 2 is 2.36 bits per heavy atom. The van der Waals surface area contributed by atoms with Gasteiger partial charge in [0.25, 0.3) is 0 Å². The van der Waals surface area contributed by atoms with Crippen LogP contribution >= 0.6 is 0 Å². The Morgan fingerprint density at radius 3 is 2.93 bits per heavy atom. The zero-order valence-electron chi connectivity index (χ0n) is 9.29. The molecule has 1 fully saturated rings. The molecule has 1 N–H and O–H groups in total. The van der Waals surface area contributed by atoms with Gasteiger partial charge < -0.3 is 5.32 Å². The minimum absolute atomic E-state index is 0.630. The molecule has 1 aliphatic heterocycles. The predicted molar refractivity (Wildman–Crippen MR) is 59.8 cm³/mol. The van der Waals surface area contributed by atoms with E-state index in [4.69, 9.17) is 0 Å². The second-order valence-corrected chi connectivity index (χ2v) is 4.56. The second-order valence-electron chi connectivity index (χ2n) is 4.56. The topological polar surface area (TPSA) is 27.6 Å². The van der Waals surface area contributed by atoms with Crippen LogP contribution in [0.4, 0.5) is 0 Å². The van der Waals surface area contributed by atoms with E-state index in [0.717, 1.165) is 25.6 Å². The SMILES string of the molecule is CC(CNC1=NCCC1)N(C)C1CC1. The van der Waals surface area contributed by atoms with Gasteiger partial charge in [0.2, 0.25) is 0 Å². The van der Waals surface area contributed by atoms with Crippen molar-refractivity contribution < 1.29 is 0 Å². The van der Waals surface area contributed by atoms with E-state index in [0.29, 0.717) is 6.04 Å². The molecular weight excluding hydrogens is 174 g/mol. The zero-order valence-corrected chi connectivity index (χ0v) is 9.29. The van der Waals surface area contributed by atoms with Crippen molar-refractivity contribution in [1.82, 2.24) is 10.2 Å². The summed E-state index contributed by atoms with van der Waals surface area (Å²) in [6.45, 7) is 4.36. The first-order valence-corrected chi connectivity index (χ1v) is 5.76. The summed E-state index contributed by atoms with van der Waals surface area (Å²) < 4.78 is 0. The normalized spacial score (nSPS) is 23.8. The van der Waals surface area contributed by atoms with Crippen molar-refractivity contribution in [2.24, 2.45) is 4.99 Å². The molecule has 2 aliphatic rings. The van der Waals surface area contributed by atoms with E-state index in [9.17, 15) is 0 Å². The standard InChI is InChI=1S/C11H21N3/c1-9(14(2)10-5-6-10)8-13-11-4-3-7-12-11/h9-10H,3-8H2,1-2H3,(H,12,13). The van der Waals surface area contributed by atoms with E-state index in [1.54, 1.807) is 0 Å². The fourth-order valence-corrected chi connectivity index (χ4v) is 1.94. The Labute approximate surface area is 86.6 Å². The van der Waals surface area contributed by atoms with Gasteiger partial charge in [-0.25, -0.2) is 0 Å². The number of nitrogens with zero attached hydrogens (tertiary/aromatic N) is 2. The van der Waals surface area contributed by atoms with Crippen molar-refractivity contribution in [2.75, 3.05) is 20.1 Å². The first-order chi connectivity index (χ1) is 6.77. The largest absolute Gasteiger partial charge is 0.372 e. The quantitative estimate of drug-likeness (QED) is 0.731. The summed E-state index contributed by atoms with van der Waals surface area (Å²) in [5, 5.41) is 3.45. The van der Waals surface area contributed by atoms with E-state index in [2.05, 4.69) is 29.2 Å². The number of hydrogen-bond acceptors (Lipinski definition) is 3. The maximum Gasteiger partial charge on any atom is 0.0964 e. The molecule has 0 amide bonds. The molecule has 3 heteroatoms. The van der Waals surface area contributed by atoms with Gasteiger partial charge in [-0.1, -0.05) is 0 Å². The van der Waals surface area contributed by atoms with Crippen molar-refractivity contribution in [3.63, 3.8) is 0 Å². The molecule has 2 rings (SSSR count). The van der Waals surface area contributed by atoms with E-state index >= 15 is 0 Å². The molecular formula is C11H21N3. The molecule has 0 bridgehead atoms. The fraction of sp³-hybridized carbons (Fsp3) is 0.909. The summed E-state index contributed by atoms with van der Waals surface area (Å²) in [5.41, 5.74) is 0. The summed E-state index contributed by atoms with van der Waals surface area (Å²) in [6, 6.07) is 1.49. The van der Waals surface area contributed by atoms with Gasteiger partial charge in [-0.05, 0) is 33.2 Å². The van der Waals surface area contributed by atoms with Gasteiger partial charge in [-0.2, -0.15) is 0 Å². The minimum Gasteiger partial charge on any atom is -0.372 e. The van der Waals surface area contributed by atoms with E-state index in [1.807, 2.05) is 0 Å². The summed E-state index contributed by atoms with van der Waals surface area (Å²) >= 11 is 0. The van der Waals surface area contributed by atoms with Crippen molar-refractivity contribution in [3.05, 3.63) is 0 Å². The van der Waals surface area contributed by atoms with Gasteiger partial charge in [0.1, 0.15) is 0 Å². The van der Waals surface area contributed by atoms with Crippen LogP contribution in [0.5, 0.6) is 0 Å². The van der Waals surface area contributed by atoms with Crippen molar-refractivity contribution in [3.8, 4) is 0 Å². The Bertz CT molecular complexity index is 221. The molecule has 0 radical (unpaired) electrons. The second kappa shape index (κ2) is 4.30. The molecule has 1 atom stereocenters. The maximum absolute atomic E-state index is 4.41. The molecule has 1 aliphatic carbocycles. The van der Waals surface area contributed by atoms with Crippen LogP contribution in [0.15, 0.2) is 4.99 Å². The van der Waals surface area contributed by atoms with E-state index in [1.165, 1.54) is 25.1 Å². The highest BCUT2D eigenvalue weighted by Gasteiger charge is 2.28. The summed E-state index contributed by atoms with van der Waals surface area (Å²) in [7, 11) is 2.24. The third kappa shape index (κ3) is 2.47. The molecule has 0 saturated heterocycles. The van der Waals surface area contributed by atoms with Crippen LogP contribution in [0.2, 0.25) is 0 Å². The Kier molecular flexibility index (Phi) is 3.06. The lowest BCUT2D eigenvalue weighted by Crippen LogP contribution is -2.40. The summed E-state index contributed by atoms with van der Waals surface area (Å²) in [4.78, 5) is 6.90. The predicted octanol–water partition coefficient (Wildman–Crippen LogP) is 1.25. The lowest BCUT2D eigenvalue weighted by atomic mass is 10.2. The number of rotatable bonds is 4. The monoisotopic (exact) mass is 195 g/mol. The number of likely N-dealkylation sites (N-methyl/N-ethyl adjacent to an activating group) is 1. The van der Waals surface area contributed by atoms with Crippen molar-refractivity contribution >= 4 is 5.84 Å². The van der Waals surface area contributed by atoms with Gasteiger partial charge >= 0.3 is 0 Å². The lowest BCUT2D eigenvalue weighted by molar-refractivity contribution is 0.248. The third-order valence-corrected chi connectivity index (χ3v) is 3.29. The van der Waals surface area contributed by atoms with Crippen molar-refractivity contribution in [2.45, 2.75) is 44.7 Å². The highest BCUT2D eigenvalue weighted by atomic mass is 15.2. The maximum atomic E-state index is 4.41. The molecule has 1 unspecified atom stereocenters. The summed E-state index contributed by atoms with van der Waals surface area (Å²) in [6.07, 6.45) is 5.17. The number of amidine groups is 1. The molecule has 0 aromatic rings. The fourth-order valence-electron chi connectivity index (χ4n) is 1.94. The number of aliphatic imine (C=N–C) groups is 1. The molecule has 1 heterocycles. The van der Waals surface area contributed by atoms with Crippen LogP contribution < -0.4 is 5.32 Å². The van der Waals surface area contributed by atoms with Crippen LogP contribution in [-0.4, -0.2) is 43.0 Å². The van der Waals surface area contributed by atoms with E-state index < -0.39 is 0 Å². The van der Waals surface area contributed by atoms with Gasteiger partial charge in [0.15, 0.2) is 0 Å². The van der Waals surface area contributed by atoms with Gasteiger partial charge in [0.05, 0.1) is 5.84 Å². The first-order valence-electron chi connectivity index (χ1n) is 5.76. The number of hydrogen-bond donors (Lipinski definition) is 1. The van der Waals surface area contributed by atoms with Crippen LogP contribution in [0.1, 0.15) is 32.6 Å². The average Bonchev–Trinajstić information content (AvgIpc) is 2.91. The van der Waals surface area contributed by atoms with Gasteiger partial charge in [-0.15, -0.1) is 0 Å². The minimum atomic E-state index is 0.630. The molecule has 1 saturated carbocycles. The van der Waals surface area contributed by atoms with Crippen LogP contribution in [0.3, 0.4) is 0 Å². The van der Waals surface area contributed by atoms with Crippen LogP contribution in [0, 0.1) is 0 Å².